The highest BCUT2D eigenvalue weighted by molar-refractivity contribution is 5.81. The minimum Gasteiger partial charge on any atom is -0.368 e. The Bertz CT molecular complexity index is 930. The van der Waals surface area contributed by atoms with Crippen molar-refractivity contribution >= 4 is 5.91 Å². The molecule has 138 valence electrons. The van der Waals surface area contributed by atoms with Crippen LogP contribution in [0.3, 0.4) is 0 Å². The maximum Gasteiger partial charge on any atom is 0.249 e. The number of hydrogen-bond donors (Lipinski definition) is 1. The molecule has 1 amide bonds. The largest absolute Gasteiger partial charge is 0.368 e. The van der Waals surface area contributed by atoms with Crippen LogP contribution in [-0.4, -0.2) is 33.7 Å². The Balaban J connectivity index is 1.49. The summed E-state index contributed by atoms with van der Waals surface area (Å²) in [6.07, 6.45) is 4.66. The lowest BCUT2D eigenvalue weighted by molar-refractivity contribution is -0.130. The van der Waals surface area contributed by atoms with Crippen molar-refractivity contribution in [1.82, 2.24) is 20.4 Å². The topological polar surface area (TPSA) is 90.1 Å². The summed E-state index contributed by atoms with van der Waals surface area (Å²) in [6, 6.07) is 9.76. The Hall–Kier alpha value is -3.06. The number of ether oxygens (including phenoxy) is 1. The standard InChI is InChI=1S/C20H20N4O3/c1-13-9-18(27-24-13)16-11-21-12-23-19(16)15-6-4-14(5-7-15)10-22-20(25)17-3-2-8-26-17/h4-7,9,11-12,17H,2-3,8,10H2,1H3,(H,22,25)/t17-/m1/s1. The molecule has 7 nitrogen and oxygen atoms in total. The second-order valence-corrected chi connectivity index (χ2v) is 6.53. The highest BCUT2D eigenvalue weighted by Crippen LogP contribution is 2.30. The molecule has 7 heteroatoms. The van der Waals surface area contributed by atoms with Crippen LogP contribution in [-0.2, 0) is 16.1 Å². The average molecular weight is 364 g/mol. The first kappa shape index (κ1) is 17.4. The summed E-state index contributed by atoms with van der Waals surface area (Å²) in [4.78, 5) is 20.5. The van der Waals surface area contributed by atoms with Gasteiger partial charge in [0.25, 0.3) is 0 Å². The Kier molecular flexibility index (Phi) is 4.93. The van der Waals surface area contributed by atoms with Crippen molar-refractivity contribution in [3.63, 3.8) is 0 Å². The first-order valence-corrected chi connectivity index (χ1v) is 8.93. The molecule has 1 N–H and O–H groups in total. The number of hydrogen-bond acceptors (Lipinski definition) is 6. The number of carbonyl (C=O) groups excluding carboxylic acids is 1. The predicted molar refractivity (Wildman–Crippen MR) is 98.5 cm³/mol. The van der Waals surface area contributed by atoms with E-state index in [0.717, 1.165) is 40.9 Å². The molecule has 0 aliphatic carbocycles. The molecule has 4 rings (SSSR count). The van der Waals surface area contributed by atoms with Crippen LogP contribution in [0, 0.1) is 6.92 Å². The number of benzene rings is 1. The van der Waals surface area contributed by atoms with E-state index in [4.69, 9.17) is 9.26 Å². The SMILES string of the molecule is Cc1cc(-c2cncnc2-c2ccc(CNC(=O)[C@H]3CCCO3)cc2)on1. The average Bonchev–Trinajstić information content (AvgIpc) is 3.38. The number of amides is 1. The van der Waals surface area contributed by atoms with Crippen LogP contribution in [0.4, 0.5) is 0 Å². The first-order chi connectivity index (χ1) is 13.2. The van der Waals surface area contributed by atoms with Crippen molar-refractivity contribution in [3.05, 3.63) is 54.1 Å². The van der Waals surface area contributed by atoms with Crippen LogP contribution < -0.4 is 5.32 Å². The summed E-state index contributed by atoms with van der Waals surface area (Å²) >= 11 is 0. The molecule has 1 aromatic carbocycles. The maximum atomic E-state index is 12.0. The molecule has 0 radical (unpaired) electrons. The molecule has 1 aliphatic heterocycles. The Morgan fingerprint density at radius 1 is 1.30 bits per heavy atom. The fourth-order valence-corrected chi connectivity index (χ4v) is 3.10. The van der Waals surface area contributed by atoms with E-state index < -0.39 is 0 Å². The Morgan fingerprint density at radius 2 is 2.15 bits per heavy atom. The third kappa shape index (κ3) is 3.88. The van der Waals surface area contributed by atoms with Crippen molar-refractivity contribution in [2.24, 2.45) is 0 Å². The molecule has 2 aromatic heterocycles. The molecule has 0 unspecified atom stereocenters. The van der Waals surface area contributed by atoms with Gasteiger partial charge in [0.2, 0.25) is 5.91 Å². The monoisotopic (exact) mass is 364 g/mol. The van der Waals surface area contributed by atoms with Gasteiger partial charge in [-0.25, -0.2) is 9.97 Å². The van der Waals surface area contributed by atoms with Gasteiger partial charge in [0, 0.05) is 31.0 Å². The van der Waals surface area contributed by atoms with Gasteiger partial charge in [0.1, 0.15) is 12.4 Å². The molecule has 0 saturated carbocycles. The number of rotatable bonds is 5. The van der Waals surface area contributed by atoms with Gasteiger partial charge in [-0.15, -0.1) is 0 Å². The third-order valence-electron chi connectivity index (χ3n) is 4.52. The lowest BCUT2D eigenvalue weighted by Gasteiger charge is -2.11. The first-order valence-electron chi connectivity index (χ1n) is 8.93. The van der Waals surface area contributed by atoms with Gasteiger partial charge in [-0.2, -0.15) is 0 Å². The number of nitrogens with zero attached hydrogens (tertiary/aromatic N) is 3. The summed E-state index contributed by atoms with van der Waals surface area (Å²) in [5, 5.41) is 6.86. The zero-order valence-corrected chi connectivity index (χ0v) is 15.0. The molecule has 1 fully saturated rings. The van der Waals surface area contributed by atoms with Crippen LogP contribution >= 0.6 is 0 Å². The van der Waals surface area contributed by atoms with Gasteiger partial charge >= 0.3 is 0 Å². The summed E-state index contributed by atoms with van der Waals surface area (Å²) < 4.78 is 10.8. The van der Waals surface area contributed by atoms with E-state index >= 15 is 0 Å². The molecule has 0 spiro atoms. The number of aromatic nitrogens is 3. The van der Waals surface area contributed by atoms with Crippen molar-refractivity contribution in [2.45, 2.75) is 32.4 Å². The normalized spacial score (nSPS) is 16.4. The fourth-order valence-electron chi connectivity index (χ4n) is 3.10. The van der Waals surface area contributed by atoms with Crippen LogP contribution in [0.2, 0.25) is 0 Å². The van der Waals surface area contributed by atoms with Crippen LogP contribution in [0.5, 0.6) is 0 Å². The Labute approximate surface area is 156 Å². The van der Waals surface area contributed by atoms with E-state index in [0.29, 0.717) is 18.9 Å². The molecule has 3 aromatic rings. The Morgan fingerprint density at radius 3 is 2.85 bits per heavy atom. The van der Waals surface area contributed by atoms with E-state index in [9.17, 15) is 4.79 Å². The lowest BCUT2D eigenvalue weighted by atomic mass is 10.0. The van der Waals surface area contributed by atoms with Crippen molar-refractivity contribution in [2.75, 3.05) is 6.61 Å². The summed E-state index contributed by atoms with van der Waals surface area (Å²) in [7, 11) is 0. The van der Waals surface area contributed by atoms with Crippen molar-refractivity contribution < 1.29 is 14.1 Å². The van der Waals surface area contributed by atoms with Crippen molar-refractivity contribution in [1.29, 1.82) is 0 Å². The highest BCUT2D eigenvalue weighted by atomic mass is 16.5. The van der Waals surface area contributed by atoms with E-state index in [1.807, 2.05) is 37.3 Å². The molecular weight excluding hydrogens is 344 g/mol. The number of carbonyl (C=O) groups is 1. The van der Waals surface area contributed by atoms with E-state index in [1.165, 1.54) is 6.33 Å². The molecule has 1 aliphatic rings. The fraction of sp³-hybridized carbons (Fsp3) is 0.300. The number of aryl methyl sites for hydroxylation is 1. The second kappa shape index (κ2) is 7.67. The van der Waals surface area contributed by atoms with Crippen molar-refractivity contribution in [3.8, 4) is 22.6 Å². The van der Waals surface area contributed by atoms with Gasteiger partial charge in [-0.1, -0.05) is 29.4 Å². The van der Waals surface area contributed by atoms with E-state index in [2.05, 4.69) is 20.4 Å². The van der Waals surface area contributed by atoms with Gasteiger partial charge in [0.15, 0.2) is 5.76 Å². The molecule has 1 atom stereocenters. The zero-order valence-electron chi connectivity index (χ0n) is 15.0. The van der Waals surface area contributed by atoms with Crippen LogP contribution in [0.1, 0.15) is 24.1 Å². The third-order valence-corrected chi connectivity index (χ3v) is 4.52. The van der Waals surface area contributed by atoms with Gasteiger partial charge in [-0.3, -0.25) is 4.79 Å². The molecule has 27 heavy (non-hydrogen) atoms. The maximum absolute atomic E-state index is 12.0. The quantitative estimate of drug-likeness (QED) is 0.749. The predicted octanol–water partition coefficient (Wildman–Crippen LogP) is 2.90. The lowest BCUT2D eigenvalue weighted by Crippen LogP contribution is -2.33. The smallest absolute Gasteiger partial charge is 0.249 e. The van der Waals surface area contributed by atoms with Gasteiger partial charge < -0.3 is 14.6 Å². The van der Waals surface area contributed by atoms with Crippen LogP contribution in [0.15, 0.2) is 47.4 Å². The zero-order chi connectivity index (χ0) is 18.6. The summed E-state index contributed by atoms with van der Waals surface area (Å²) in [6.45, 7) is 3.01. The number of nitrogens with one attached hydrogen (secondary N) is 1. The molecular formula is C20H20N4O3. The minimum atomic E-state index is -0.307. The molecule has 0 bridgehead atoms. The van der Waals surface area contributed by atoms with Gasteiger partial charge in [-0.05, 0) is 25.3 Å². The highest BCUT2D eigenvalue weighted by Gasteiger charge is 2.23. The van der Waals surface area contributed by atoms with E-state index in [1.54, 1.807) is 6.20 Å². The van der Waals surface area contributed by atoms with E-state index in [-0.39, 0.29) is 12.0 Å². The summed E-state index contributed by atoms with van der Waals surface area (Å²) in [5.74, 6) is 0.589. The van der Waals surface area contributed by atoms with Crippen LogP contribution in [0.25, 0.3) is 22.6 Å². The molecule has 3 heterocycles. The minimum absolute atomic E-state index is 0.0460. The molecule has 1 saturated heterocycles. The van der Waals surface area contributed by atoms with Gasteiger partial charge in [0.05, 0.1) is 17.0 Å². The second-order valence-electron chi connectivity index (χ2n) is 6.53. The summed E-state index contributed by atoms with van der Waals surface area (Å²) in [5.41, 5.74) is 4.32.